The lowest BCUT2D eigenvalue weighted by molar-refractivity contribution is 0.0526. The molecule has 3 aromatic rings. The van der Waals surface area contributed by atoms with Crippen LogP contribution in [0.3, 0.4) is 0 Å². The molecule has 178 valence electrons. The summed E-state index contributed by atoms with van der Waals surface area (Å²) in [4.78, 5) is 24.7. The molecule has 0 spiro atoms. The zero-order valence-electron chi connectivity index (χ0n) is 19.2. The molecule has 9 heteroatoms. The van der Waals surface area contributed by atoms with Crippen molar-refractivity contribution >= 4 is 44.9 Å². The number of carbonyl (C=O) groups excluding carboxylic acids is 2. The van der Waals surface area contributed by atoms with Gasteiger partial charge in [-0.1, -0.05) is 29.8 Å². The van der Waals surface area contributed by atoms with Crippen LogP contribution >= 0.6 is 11.6 Å². The van der Waals surface area contributed by atoms with Gasteiger partial charge in [0, 0.05) is 11.3 Å². The van der Waals surface area contributed by atoms with Crippen LogP contribution < -0.4 is 10.0 Å². The molecular formula is C25H25ClN2O5S. The zero-order chi connectivity index (χ0) is 25.0. The van der Waals surface area contributed by atoms with Crippen molar-refractivity contribution in [1.82, 2.24) is 0 Å². The Morgan fingerprint density at radius 2 is 1.71 bits per heavy atom. The highest BCUT2D eigenvalue weighted by atomic mass is 35.5. The third kappa shape index (κ3) is 5.58. The third-order valence-electron chi connectivity index (χ3n) is 5.31. The first-order chi connectivity index (χ1) is 16.0. The van der Waals surface area contributed by atoms with E-state index in [2.05, 4.69) is 10.0 Å². The second-order valence-corrected chi connectivity index (χ2v) is 9.76. The Balaban J connectivity index is 1.85. The number of sulfonamides is 1. The Morgan fingerprint density at radius 1 is 0.971 bits per heavy atom. The van der Waals surface area contributed by atoms with Gasteiger partial charge in [-0.2, -0.15) is 0 Å². The number of ether oxygens (including phenoxy) is 1. The molecule has 7 nitrogen and oxygen atoms in total. The lowest BCUT2D eigenvalue weighted by Crippen LogP contribution is -2.18. The second-order valence-electron chi connectivity index (χ2n) is 7.70. The van der Waals surface area contributed by atoms with Crippen LogP contribution in [0.25, 0.3) is 0 Å². The van der Waals surface area contributed by atoms with E-state index in [0.717, 1.165) is 11.1 Å². The molecule has 0 atom stereocenters. The van der Waals surface area contributed by atoms with Gasteiger partial charge in [-0.25, -0.2) is 13.2 Å². The first kappa shape index (κ1) is 25.3. The standard InChI is InChI=1S/C25H25ClN2O5S/c1-5-33-25(30)20-12-11-19(14-21(20)26)27-24(29)18-10-9-16(3)23(13-18)34(31,32)28-22-8-6-7-15(2)17(22)4/h6-14,28H,5H2,1-4H3,(H,27,29). The smallest absolute Gasteiger partial charge is 0.339 e. The maximum atomic E-state index is 13.1. The lowest BCUT2D eigenvalue weighted by atomic mass is 10.1. The fourth-order valence-electron chi connectivity index (χ4n) is 3.26. The number of rotatable bonds is 7. The number of benzene rings is 3. The molecule has 0 aromatic heterocycles. The Bertz CT molecular complexity index is 1370. The third-order valence-corrected chi connectivity index (χ3v) is 7.13. The van der Waals surface area contributed by atoms with Gasteiger partial charge in [0.05, 0.1) is 27.8 Å². The van der Waals surface area contributed by atoms with Crippen molar-refractivity contribution in [3.8, 4) is 0 Å². The largest absolute Gasteiger partial charge is 0.462 e. The van der Waals surface area contributed by atoms with Crippen molar-refractivity contribution in [2.75, 3.05) is 16.6 Å². The highest BCUT2D eigenvalue weighted by molar-refractivity contribution is 7.92. The molecule has 1 amide bonds. The lowest BCUT2D eigenvalue weighted by Gasteiger charge is -2.15. The molecule has 34 heavy (non-hydrogen) atoms. The van der Waals surface area contributed by atoms with E-state index in [-0.39, 0.29) is 27.7 Å². The molecule has 0 aliphatic rings. The van der Waals surface area contributed by atoms with Crippen LogP contribution in [-0.4, -0.2) is 26.9 Å². The van der Waals surface area contributed by atoms with Crippen molar-refractivity contribution in [2.24, 2.45) is 0 Å². The van der Waals surface area contributed by atoms with Crippen molar-refractivity contribution in [1.29, 1.82) is 0 Å². The molecule has 0 radical (unpaired) electrons. The van der Waals surface area contributed by atoms with Gasteiger partial charge >= 0.3 is 5.97 Å². The first-order valence-corrected chi connectivity index (χ1v) is 12.4. The highest BCUT2D eigenvalue weighted by Gasteiger charge is 2.21. The highest BCUT2D eigenvalue weighted by Crippen LogP contribution is 2.26. The number of anilines is 2. The van der Waals surface area contributed by atoms with Crippen LogP contribution in [-0.2, 0) is 14.8 Å². The van der Waals surface area contributed by atoms with E-state index in [1.165, 1.54) is 30.3 Å². The maximum absolute atomic E-state index is 13.1. The summed E-state index contributed by atoms with van der Waals surface area (Å²) in [5.41, 5.74) is 3.43. The number of esters is 1. The van der Waals surface area contributed by atoms with Crippen molar-refractivity contribution in [3.05, 3.63) is 87.4 Å². The maximum Gasteiger partial charge on any atom is 0.339 e. The average molecular weight is 501 g/mol. The number of aryl methyl sites for hydroxylation is 2. The molecule has 0 heterocycles. The SMILES string of the molecule is CCOC(=O)c1ccc(NC(=O)c2ccc(C)c(S(=O)(=O)Nc3cccc(C)c3C)c2)cc1Cl. The Hall–Kier alpha value is -3.36. The molecule has 2 N–H and O–H groups in total. The van der Waals surface area contributed by atoms with Crippen LogP contribution in [0.15, 0.2) is 59.5 Å². The van der Waals surface area contributed by atoms with Gasteiger partial charge in [-0.05, 0) is 80.8 Å². The van der Waals surface area contributed by atoms with E-state index in [4.69, 9.17) is 16.3 Å². The van der Waals surface area contributed by atoms with Crippen LogP contribution in [0.1, 0.15) is 44.3 Å². The number of amides is 1. The quantitative estimate of drug-likeness (QED) is 0.417. The molecular weight excluding hydrogens is 476 g/mol. The van der Waals surface area contributed by atoms with Crippen molar-refractivity contribution in [3.63, 3.8) is 0 Å². The van der Waals surface area contributed by atoms with E-state index in [9.17, 15) is 18.0 Å². The van der Waals surface area contributed by atoms with Gasteiger partial charge in [-0.15, -0.1) is 0 Å². The summed E-state index contributed by atoms with van der Waals surface area (Å²) in [5, 5.41) is 2.80. The number of halogens is 1. The van der Waals surface area contributed by atoms with Crippen LogP contribution in [0, 0.1) is 20.8 Å². The minimum atomic E-state index is -3.94. The van der Waals surface area contributed by atoms with Gasteiger partial charge in [0.2, 0.25) is 0 Å². The number of hydrogen-bond acceptors (Lipinski definition) is 5. The minimum Gasteiger partial charge on any atom is -0.462 e. The van der Waals surface area contributed by atoms with Gasteiger partial charge in [0.1, 0.15) is 0 Å². The Morgan fingerprint density at radius 3 is 2.38 bits per heavy atom. The molecule has 0 saturated heterocycles. The Labute approximate surface area is 204 Å². The molecule has 0 fully saturated rings. The van der Waals surface area contributed by atoms with Crippen LogP contribution in [0.5, 0.6) is 0 Å². The summed E-state index contributed by atoms with van der Waals surface area (Å²) in [7, 11) is -3.94. The summed E-state index contributed by atoms with van der Waals surface area (Å²) >= 11 is 6.16. The molecule has 0 aliphatic carbocycles. The normalized spacial score (nSPS) is 11.1. The fraction of sp³-hybridized carbons (Fsp3) is 0.200. The molecule has 0 saturated carbocycles. The number of nitrogens with one attached hydrogen (secondary N) is 2. The Kier molecular flexibility index (Phi) is 7.64. The molecule has 0 unspecified atom stereocenters. The number of carbonyl (C=O) groups is 2. The first-order valence-electron chi connectivity index (χ1n) is 10.5. The van der Waals surface area contributed by atoms with Crippen LogP contribution in [0.4, 0.5) is 11.4 Å². The molecule has 3 rings (SSSR count). The topological polar surface area (TPSA) is 102 Å². The summed E-state index contributed by atoms with van der Waals surface area (Å²) in [5.74, 6) is -1.08. The van der Waals surface area contributed by atoms with Crippen molar-refractivity contribution < 1.29 is 22.7 Å². The van der Waals surface area contributed by atoms with E-state index in [0.29, 0.717) is 16.9 Å². The molecule has 0 aliphatic heterocycles. The summed E-state index contributed by atoms with van der Waals surface area (Å²) in [6, 6.07) is 14.2. The molecule has 3 aromatic carbocycles. The fourth-order valence-corrected chi connectivity index (χ4v) is 4.92. The zero-order valence-corrected chi connectivity index (χ0v) is 20.8. The van der Waals surface area contributed by atoms with E-state index >= 15 is 0 Å². The van der Waals surface area contributed by atoms with E-state index in [1.54, 1.807) is 32.0 Å². The van der Waals surface area contributed by atoms with Crippen molar-refractivity contribution in [2.45, 2.75) is 32.6 Å². The van der Waals surface area contributed by atoms with Gasteiger partial charge in [0.15, 0.2) is 0 Å². The van der Waals surface area contributed by atoms with Gasteiger partial charge in [-0.3, -0.25) is 9.52 Å². The monoisotopic (exact) mass is 500 g/mol. The summed E-state index contributed by atoms with van der Waals surface area (Å²) in [6.07, 6.45) is 0. The molecule has 0 bridgehead atoms. The summed E-state index contributed by atoms with van der Waals surface area (Å²) in [6.45, 7) is 7.29. The summed E-state index contributed by atoms with van der Waals surface area (Å²) < 4.78 is 33.8. The predicted octanol–water partition coefficient (Wildman–Crippen LogP) is 5.50. The van der Waals surface area contributed by atoms with E-state index in [1.807, 2.05) is 19.9 Å². The second kappa shape index (κ2) is 10.3. The van der Waals surface area contributed by atoms with Crippen LogP contribution in [0.2, 0.25) is 5.02 Å². The van der Waals surface area contributed by atoms with Gasteiger partial charge in [0.25, 0.3) is 15.9 Å². The number of hydrogen-bond donors (Lipinski definition) is 2. The minimum absolute atomic E-state index is 0.00301. The van der Waals surface area contributed by atoms with Gasteiger partial charge < -0.3 is 10.1 Å². The average Bonchev–Trinajstić information content (AvgIpc) is 2.77. The predicted molar refractivity (Wildman–Crippen MR) is 133 cm³/mol. The van der Waals surface area contributed by atoms with E-state index < -0.39 is 21.9 Å².